The lowest BCUT2D eigenvalue weighted by molar-refractivity contribution is 0.257. The molecular formula is C27H34N2O. The highest BCUT2D eigenvalue weighted by atomic mass is 16.2. The number of nitrogens with zero attached hydrogens (tertiary/aromatic N) is 2. The Hall–Kier alpha value is -2.55. The number of hydrogen-bond donors (Lipinski definition) is 0. The molecule has 30 heavy (non-hydrogen) atoms. The molecular weight excluding hydrogens is 368 g/mol. The van der Waals surface area contributed by atoms with Gasteiger partial charge in [-0.3, -0.25) is 0 Å². The minimum absolute atomic E-state index is 0.322. The lowest BCUT2D eigenvalue weighted by Gasteiger charge is -2.23. The molecule has 0 bridgehead atoms. The number of urea groups is 1. The fraction of sp³-hybridized carbons (Fsp3) is 0.444. The van der Waals surface area contributed by atoms with Gasteiger partial charge in [0.05, 0.1) is 0 Å². The summed E-state index contributed by atoms with van der Waals surface area (Å²) in [6, 6.07) is 12.5. The molecule has 0 spiro atoms. The second-order valence-electron chi connectivity index (χ2n) is 9.45. The summed E-state index contributed by atoms with van der Waals surface area (Å²) < 4.78 is 0. The van der Waals surface area contributed by atoms with Crippen LogP contribution in [0.2, 0.25) is 0 Å². The summed E-state index contributed by atoms with van der Waals surface area (Å²) >= 11 is 0. The average Bonchev–Trinajstić information content (AvgIpc) is 3.07. The molecule has 3 heteroatoms. The van der Waals surface area contributed by atoms with Crippen LogP contribution >= 0.6 is 0 Å². The second kappa shape index (κ2) is 8.67. The van der Waals surface area contributed by atoms with Gasteiger partial charge in [0.2, 0.25) is 0 Å². The summed E-state index contributed by atoms with van der Waals surface area (Å²) in [5.41, 5.74) is 8.52. The van der Waals surface area contributed by atoms with Crippen LogP contribution < -0.4 is 0 Å². The number of benzene rings is 2. The van der Waals surface area contributed by atoms with E-state index in [2.05, 4.69) is 102 Å². The van der Waals surface area contributed by atoms with Crippen LogP contribution in [0, 0.1) is 0 Å². The first-order chi connectivity index (χ1) is 14.1. The molecule has 0 fully saturated rings. The zero-order chi connectivity index (χ0) is 22.2. The third-order valence-corrected chi connectivity index (χ3v) is 5.86. The van der Waals surface area contributed by atoms with Crippen molar-refractivity contribution >= 4 is 17.5 Å². The van der Waals surface area contributed by atoms with E-state index >= 15 is 0 Å². The molecule has 2 amide bonds. The number of hydrogen-bond acceptors (Lipinski definition) is 1. The minimum Gasteiger partial charge on any atom is -0.244 e. The molecule has 3 nitrogen and oxygen atoms in total. The molecule has 158 valence electrons. The summed E-state index contributed by atoms with van der Waals surface area (Å²) in [6.07, 6.45) is 0. The van der Waals surface area contributed by atoms with Gasteiger partial charge in [-0.2, -0.15) is 9.98 Å². The summed E-state index contributed by atoms with van der Waals surface area (Å²) in [7, 11) is 0. The first-order valence-corrected chi connectivity index (χ1v) is 11.1. The molecule has 0 atom stereocenters. The summed E-state index contributed by atoms with van der Waals surface area (Å²) in [4.78, 5) is 21.5. The van der Waals surface area contributed by atoms with Crippen molar-refractivity contribution in [3.63, 3.8) is 0 Å². The lowest BCUT2D eigenvalue weighted by Crippen LogP contribution is -2.22. The van der Waals surface area contributed by atoms with Crippen molar-refractivity contribution < 1.29 is 4.79 Å². The topological polar surface area (TPSA) is 41.8 Å². The van der Waals surface area contributed by atoms with Gasteiger partial charge in [0.1, 0.15) is 11.4 Å². The number of aliphatic imine (C=N–C) groups is 2. The Labute approximate surface area is 181 Å². The fourth-order valence-electron chi connectivity index (χ4n) is 4.32. The molecule has 0 aliphatic carbocycles. The van der Waals surface area contributed by atoms with Gasteiger partial charge in [0.15, 0.2) is 0 Å². The molecule has 0 unspecified atom stereocenters. The van der Waals surface area contributed by atoms with E-state index < -0.39 is 6.03 Å². The van der Waals surface area contributed by atoms with Gasteiger partial charge in [-0.05, 0) is 45.9 Å². The molecule has 1 aliphatic heterocycles. The van der Waals surface area contributed by atoms with E-state index in [9.17, 15) is 4.79 Å². The van der Waals surface area contributed by atoms with Gasteiger partial charge in [0, 0.05) is 11.1 Å². The van der Waals surface area contributed by atoms with Crippen LogP contribution in [0.15, 0.2) is 46.4 Å². The Morgan fingerprint density at radius 3 is 1.03 bits per heavy atom. The van der Waals surface area contributed by atoms with Gasteiger partial charge < -0.3 is 0 Å². The number of amides is 2. The molecule has 0 saturated heterocycles. The maximum Gasteiger partial charge on any atom is 0.368 e. The first-order valence-electron chi connectivity index (χ1n) is 11.1. The molecule has 2 aromatic rings. The molecule has 0 aromatic heterocycles. The van der Waals surface area contributed by atoms with Crippen LogP contribution in [0.25, 0.3) is 0 Å². The Kier molecular flexibility index (Phi) is 6.40. The van der Waals surface area contributed by atoms with E-state index in [0.717, 1.165) is 22.6 Å². The molecule has 1 heterocycles. The normalized spacial score (nSPS) is 14.3. The van der Waals surface area contributed by atoms with Gasteiger partial charge >= 0.3 is 6.03 Å². The largest absolute Gasteiger partial charge is 0.368 e. The fourth-order valence-corrected chi connectivity index (χ4v) is 4.32. The number of rotatable bonds is 6. The zero-order valence-electron chi connectivity index (χ0n) is 19.6. The first kappa shape index (κ1) is 22.1. The standard InChI is InChI=1S/C27H34N2O/c1-15(2)19-11-9-12-20(16(3)4)23(19)25-26(29-27(30)28-25)24-21(17(5)6)13-10-14-22(24)18(7)8/h9-18H,1-8H3. The molecule has 2 aromatic carbocycles. The van der Waals surface area contributed by atoms with E-state index in [4.69, 9.17) is 0 Å². The van der Waals surface area contributed by atoms with Crippen molar-refractivity contribution in [1.29, 1.82) is 0 Å². The summed E-state index contributed by atoms with van der Waals surface area (Å²) in [6.45, 7) is 17.5. The van der Waals surface area contributed by atoms with Crippen molar-refractivity contribution in [3.8, 4) is 0 Å². The van der Waals surface area contributed by atoms with Crippen LogP contribution in [0.4, 0.5) is 4.79 Å². The SMILES string of the molecule is CC(C)c1cccc(C(C)C)c1C1=NC(=O)N=C1c1c(C(C)C)cccc1C(C)C. The molecule has 0 saturated carbocycles. The Balaban J connectivity index is 2.34. The van der Waals surface area contributed by atoms with Gasteiger partial charge in [-0.1, -0.05) is 91.8 Å². The van der Waals surface area contributed by atoms with E-state index in [1.807, 2.05) is 0 Å². The maximum absolute atomic E-state index is 12.6. The van der Waals surface area contributed by atoms with Crippen molar-refractivity contribution in [3.05, 3.63) is 69.8 Å². The Morgan fingerprint density at radius 1 is 0.533 bits per heavy atom. The summed E-state index contributed by atoms with van der Waals surface area (Å²) in [5, 5.41) is 0. The number of carbonyl (C=O) groups is 1. The van der Waals surface area contributed by atoms with Crippen LogP contribution in [0.1, 0.15) is 112 Å². The molecule has 0 N–H and O–H groups in total. The van der Waals surface area contributed by atoms with Gasteiger partial charge in [-0.15, -0.1) is 0 Å². The Bertz CT molecular complexity index is 889. The van der Waals surface area contributed by atoms with Crippen LogP contribution in [0.3, 0.4) is 0 Å². The molecule has 1 aliphatic rings. The van der Waals surface area contributed by atoms with Crippen molar-refractivity contribution in [2.24, 2.45) is 9.98 Å². The summed E-state index contributed by atoms with van der Waals surface area (Å²) in [5.74, 6) is 1.29. The predicted molar refractivity (Wildman–Crippen MR) is 128 cm³/mol. The van der Waals surface area contributed by atoms with Crippen molar-refractivity contribution in [2.45, 2.75) is 79.1 Å². The van der Waals surface area contributed by atoms with Gasteiger partial charge in [-0.25, -0.2) is 4.79 Å². The van der Waals surface area contributed by atoms with E-state index in [0.29, 0.717) is 23.7 Å². The van der Waals surface area contributed by atoms with Crippen LogP contribution in [-0.2, 0) is 0 Å². The maximum atomic E-state index is 12.6. The third-order valence-electron chi connectivity index (χ3n) is 5.86. The smallest absolute Gasteiger partial charge is 0.244 e. The monoisotopic (exact) mass is 402 g/mol. The zero-order valence-corrected chi connectivity index (χ0v) is 19.6. The average molecular weight is 403 g/mol. The number of carbonyl (C=O) groups excluding carboxylic acids is 1. The quantitative estimate of drug-likeness (QED) is 0.490. The van der Waals surface area contributed by atoms with Crippen molar-refractivity contribution in [2.75, 3.05) is 0 Å². The molecule has 0 radical (unpaired) electrons. The van der Waals surface area contributed by atoms with Crippen molar-refractivity contribution in [1.82, 2.24) is 0 Å². The van der Waals surface area contributed by atoms with Crippen LogP contribution in [0.5, 0.6) is 0 Å². The minimum atomic E-state index is -0.401. The van der Waals surface area contributed by atoms with Crippen LogP contribution in [-0.4, -0.2) is 17.5 Å². The third kappa shape index (κ3) is 4.03. The molecule has 3 rings (SSSR count). The van der Waals surface area contributed by atoms with E-state index in [1.165, 1.54) is 22.3 Å². The predicted octanol–water partition coefficient (Wildman–Crippen LogP) is 7.59. The van der Waals surface area contributed by atoms with E-state index in [-0.39, 0.29) is 0 Å². The highest BCUT2D eigenvalue weighted by Crippen LogP contribution is 2.34. The highest BCUT2D eigenvalue weighted by Gasteiger charge is 2.31. The Morgan fingerprint density at radius 2 is 0.800 bits per heavy atom. The van der Waals surface area contributed by atoms with Gasteiger partial charge in [0.25, 0.3) is 0 Å². The highest BCUT2D eigenvalue weighted by molar-refractivity contribution is 6.58. The lowest BCUT2D eigenvalue weighted by atomic mass is 9.80. The second-order valence-corrected chi connectivity index (χ2v) is 9.45. The van der Waals surface area contributed by atoms with E-state index in [1.54, 1.807) is 0 Å².